The second kappa shape index (κ2) is 3.05. The number of rotatable bonds is 3. The average molecular weight is 117 g/mol. The van der Waals surface area contributed by atoms with Crippen LogP contribution in [-0.4, -0.2) is 17.9 Å². The van der Waals surface area contributed by atoms with Crippen LogP contribution in [0.3, 0.4) is 0 Å². The van der Waals surface area contributed by atoms with Crippen molar-refractivity contribution in [3.63, 3.8) is 0 Å². The molecule has 0 spiro atoms. The van der Waals surface area contributed by atoms with Gasteiger partial charge in [-0.15, -0.1) is 0 Å². The van der Waals surface area contributed by atoms with Crippen LogP contribution in [0.2, 0.25) is 0 Å². The molecule has 2 nitrogen and oxygen atoms in total. The predicted molar refractivity (Wildman–Crippen MR) is 34.6 cm³/mol. The van der Waals surface area contributed by atoms with Crippen LogP contribution in [0, 0.1) is 0 Å². The zero-order valence-electron chi connectivity index (χ0n) is 5.86. The highest BCUT2D eigenvalue weighted by atomic mass is 16.3. The lowest BCUT2D eigenvalue weighted by molar-refractivity contribution is 0.00529. The van der Waals surface area contributed by atoms with Crippen LogP contribution in [0.1, 0.15) is 26.7 Å². The number of nitrogens with one attached hydrogen (secondary N) is 1. The van der Waals surface area contributed by atoms with Crippen molar-refractivity contribution >= 4 is 0 Å². The Hall–Kier alpha value is -0.0800. The van der Waals surface area contributed by atoms with Gasteiger partial charge in [0.15, 0.2) is 0 Å². The van der Waals surface area contributed by atoms with Crippen LogP contribution < -0.4 is 5.32 Å². The SMILES string of the molecule is CCC(O)(CC)NC. The van der Waals surface area contributed by atoms with Crippen molar-refractivity contribution in [1.29, 1.82) is 0 Å². The van der Waals surface area contributed by atoms with E-state index in [1.54, 1.807) is 7.05 Å². The maximum Gasteiger partial charge on any atom is 0.115 e. The molecule has 0 atom stereocenters. The van der Waals surface area contributed by atoms with E-state index in [1.807, 2.05) is 13.8 Å². The third-order valence-electron chi connectivity index (χ3n) is 1.64. The molecule has 0 aromatic heterocycles. The molecule has 8 heavy (non-hydrogen) atoms. The summed E-state index contributed by atoms with van der Waals surface area (Å²) < 4.78 is 0. The van der Waals surface area contributed by atoms with Crippen LogP contribution in [0.4, 0.5) is 0 Å². The molecule has 2 N–H and O–H groups in total. The van der Waals surface area contributed by atoms with Gasteiger partial charge in [0.25, 0.3) is 0 Å². The molecule has 0 aromatic carbocycles. The summed E-state index contributed by atoms with van der Waals surface area (Å²) >= 11 is 0. The highest BCUT2D eigenvalue weighted by molar-refractivity contribution is 4.67. The molecule has 0 saturated carbocycles. The minimum atomic E-state index is -0.625. The van der Waals surface area contributed by atoms with Gasteiger partial charge in [-0.05, 0) is 19.9 Å². The van der Waals surface area contributed by atoms with Gasteiger partial charge in [-0.2, -0.15) is 0 Å². The topological polar surface area (TPSA) is 32.3 Å². The van der Waals surface area contributed by atoms with Gasteiger partial charge < -0.3 is 5.11 Å². The van der Waals surface area contributed by atoms with Crippen LogP contribution in [0.5, 0.6) is 0 Å². The second-order valence-electron chi connectivity index (χ2n) is 1.99. The molecule has 0 aliphatic heterocycles. The monoisotopic (exact) mass is 117 g/mol. The van der Waals surface area contributed by atoms with Gasteiger partial charge in [-0.25, -0.2) is 0 Å². The molecule has 0 fully saturated rings. The fourth-order valence-electron chi connectivity index (χ4n) is 0.604. The van der Waals surface area contributed by atoms with E-state index >= 15 is 0 Å². The summed E-state index contributed by atoms with van der Waals surface area (Å²) in [4.78, 5) is 0. The maximum absolute atomic E-state index is 9.33. The molecule has 0 rings (SSSR count). The molecular formula is C6H15NO. The fraction of sp³-hybridized carbons (Fsp3) is 1.00. The molecule has 50 valence electrons. The molecule has 0 radical (unpaired) electrons. The zero-order chi connectivity index (χ0) is 6.62. The lowest BCUT2D eigenvalue weighted by Gasteiger charge is -2.23. The van der Waals surface area contributed by atoms with Crippen LogP contribution in [-0.2, 0) is 0 Å². The van der Waals surface area contributed by atoms with Gasteiger partial charge in [0.05, 0.1) is 0 Å². The summed E-state index contributed by atoms with van der Waals surface area (Å²) in [5, 5.41) is 12.2. The maximum atomic E-state index is 9.33. The molecule has 0 unspecified atom stereocenters. The predicted octanol–water partition coefficient (Wildman–Crippen LogP) is 0.714. The van der Waals surface area contributed by atoms with Crippen molar-refractivity contribution in [2.24, 2.45) is 0 Å². The van der Waals surface area contributed by atoms with Gasteiger partial charge in [-0.3, -0.25) is 5.32 Å². The summed E-state index contributed by atoms with van der Waals surface area (Å²) in [6.45, 7) is 3.92. The van der Waals surface area contributed by atoms with E-state index < -0.39 is 5.72 Å². The van der Waals surface area contributed by atoms with E-state index in [-0.39, 0.29) is 0 Å². The Bertz CT molecular complexity index is 51.3. The number of hydrogen-bond acceptors (Lipinski definition) is 2. The Balaban J connectivity index is 3.58. The fourth-order valence-corrected chi connectivity index (χ4v) is 0.604. The van der Waals surface area contributed by atoms with Gasteiger partial charge in [-0.1, -0.05) is 13.8 Å². The van der Waals surface area contributed by atoms with E-state index in [9.17, 15) is 5.11 Å². The van der Waals surface area contributed by atoms with Crippen LogP contribution >= 0.6 is 0 Å². The Morgan fingerprint density at radius 2 is 1.75 bits per heavy atom. The minimum absolute atomic E-state index is 0.625. The van der Waals surface area contributed by atoms with Gasteiger partial charge in [0, 0.05) is 0 Å². The van der Waals surface area contributed by atoms with Crippen molar-refractivity contribution in [2.45, 2.75) is 32.4 Å². The van der Waals surface area contributed by atoms with Crippen molar-refractivity contribution in [2.75, 3.05) is 7.05 Å². The quantitative estimate of drug-likeness (QED) is 0.534. The van der Waals surface area contributed by atoms with E-state index in [2.05, 4.69) is 5.32 Å². The lowest BCUT2D eigenvalue weighted by Crippen LogP contribution is -2.41. The molecule has 0 saturated heterocycles. The zero-order valence-corrected chi connectivity index (χ0v) is 5.86. The largest absolute Gasteiger partial charge is 0.376 e. The third-order valence-corrected chi connectivity index (χ3v) is 1.64. The smallest absolute Gasteiger partial charge is 0.115 e. The van der Waals surface area contributed by atoms with E-state index in [0.29, 0.717) is 0 Å². The molecule has 0 amide bonds. The first-order chi connectivity index (χ1) is 3.68. The molecular weight excluding hydrogens is 102 g/mol. The van der Waals surface area contributed by atoms with Crippen LogP contribution in [0.25, 0.3) is 0 Å². The van der Waals surface area contributed by atoms with Crippen molar-refractivity contribution in [1.82, 2.24) is 5.32 Å². The average Bonchev–Trinajstić information content (AvgIpc) is 1.87. The van der Waals surface area contributed by atoms with Crippen molar-refractivity contribution in [3.05, 3.63) is 0 Å². The van der Waals surface area contributed by atoms with Gasteiger partial charge in [0.2, 0.25) is 0 Å². The highest BCUT2D eigenvalue weighted by Gasteiger charge is 2.17. The number of hydrogen-bond donors (Lipinski definition) is 2. The van der Waals surface area contributed by atoms with E-state index in [4.69, 9.17) is 0 Å². The lowest BCUT2D eigenvalue weighted by atomic mass is 10.1. The van der Waals surface area contributed by atoms with Gasteiger partial charge >= 0.3 is 0 Å². The van der Waals surface area contributed by atoms with Crippen molar-refractivity contribution < 1.29 is 5.11 Å². The summed E-state index contributed by atoms with van der Waals surface area (Å²) in [5.41, 5.74) is -0.625. The van der Waals surface area contributed by atoms with E-state index in [1.165, 1.54) is 0 Å². The summed E-state index contributed by atoms with van der Waals surface area (Å²) in [7, 11) is 1.77. The highest BCUT2D eigenvalue weighted by Crippen LogP contribution is 2.07. The molecule has 0 aromatic rings. The normalized spacial score (nSPS) is 12.0. The number of aliphatic hydroxyl groups is 1. The Kier molecular flexibility index (Phi) is 3.02. The molecule has 2 heteroatoms. The summed E-state index contributed by atoms with van der Waals surface area (Å²) in [5.74, 6) is 0. The first-order valence-electron chi connectivity index (χ1n) is 3.09. The summed E-state index contributed by atoms with van der Waals surface area (Å²) in [6, 6.07) is 0. The van der Waals surface area contributed by atoms with Crippen molar-refractivity contribution in [3.8, 4) is 0 Å². The van der Waals surface area contributed by atoms with Crippen LogP contribution in [0.15, 0.2) is 0 Å². The minimum Gasteiger partial charge on any atom is -0.376 e. The Morgan fingerprint density at radius 3 is 1.75 bits per heavy atom. The van der Waals surface area contributed by atoms with E-state index in [0.717, 1.165) is 12.8 Å². The van der Waals surface area contributed by atoms with Gasteiger partial charge in [0.1, 0.15) is 5.72 Å². The molecule has 0 bridgehead atoms. The molecule has 0 aliphatic rings. The first kappa shape index (κ1) is 7.92. The second-order valence-corrected chi connectivity index (χ2v) is 1.99. The Labute approximate surface area is 50.9 Å². The standard InChI is InChI=1S/C6H15NO/c1-4-6(8,5-2)7-3/h7-8H,4-5H2,1-3H3. The summed E-state index contributed by atoms with van der Waals surface area (Å²) in [6.07, 6.45) is 1.53. The Morgan fingerprint density at radius 1 is 1.38 bits per heavy atom. The third kappa shape index (κ3) is 1.80. The molecule has 0 aliphatic carbocycles. The first-order valence-corrected chi connectivity index (χ1v) is 3.09. The molecule has 0 heterocycles.